The molecule has 13 heteroatoms. The molecule has 0 atom stereocenters. The first-order valence-electron chi connectivity index (χ1n) is 13.3. The van der Waals surface area contributed by atoms with Crippen molar-refractivity contribution in [2.24, 2.45) is 4.99 Å². The minimum absolute atomic E-state index is 0.152. The van der Waals surface area contributed by atoms with E-state index in [2.05, 4.69) is 63.4 Å². The molecule has 3 aromatic heterocycles. The Morgan fingerprint density at radius 1 is 1.24 bits per heavy atom. The number of fused-ring (bicyclic) bond motifs is 1. The van der Waals surface area contributed by atoms with E-state index in [0.717, 1.165) is 50.8 Å². The van der Waals surface area contributed by atoms with Crippen molar-refractivity contribution in [1.29, 1.82) is 0 Å². The summed E-state index contributed by atoms with van der Waals surface area (Å²) in [6, 6.07) is 11.3. The number of thiazole rings is 2. The molecule has 10 nitrogen and oxygen atoms in total. The Kier molecular flexibility index (Phi) is 8.67. The number of para-hydroxylation sites is 1. The van der Waals surface area contributed by atoms with Gasteiger partial charge in [-0.25, -0.2) is 9.78 Å². The van der Waals surface area contributed by atoms with Gasteiger partial charge in [0.05, 0.1) is 10.2 Å². The molecule has 4 aromatic rings. The van der Waals surface area contributed by atoms with Gasteiger partial charge in [-0.1, -0.05) is 66.3 Å². The van der Waals surface area contributed by atoms with Crippen LogP contribution in [0.4, 0.5) is 16.8 Å². The van der Waals surface area contributed by atoms with Crippen molar-refractivity contribution >= 4 is 63.7 Å². The average Bonchev–Trinajstić information content (AvgIpc) is 3.60. The van der Waals surface area contributed by atoms with Gasteiger partial charge in [0.1, 0.15) is 18.2 Å². The number of aliphatic hydroxyl groups is 1. The zero-order chi connectivity index (χ0) is 29.1. The summed E-state index contributed by atoms with van der Waals surface area (Å²) < 4.78 is 9.33. The van der Waals surface area contributed by atoms with Crippen LogP contribution in [0.3, 0.4) is 0 Å². The zero-order valence-electron chi connectivity index (χ0n) is 23.4. The number of nitrogens with zero attached hydrogens (tertiary/aromatic N) is 6. The van der Waals surface area contributed by atoms with Gasteiger partial charge >= 0.3 is 5.97 Å². The number of hydrogen-bond donors (Lipinski definition) is 2. The molecule has 1 aliphatic rings. The molecule has 41 heavy (non-hydrogen) atoms. The van der Waals surface area contributed by atoms with Crippen LogP contribution in [0.25, 0.3) is 10.2 Å². The van der Waals surface area contributed by atoms with Gasteiger partial charge in [0.25, 0.3) is 0 Å². The molecule has 0 bridgehead atoms. The highest BCUT2D eigenvalue weighted by Crippen LogP contribution is 2.44. The smallest absolute Gasteiger partial charge is 0.356 e. The number of carboxylic acids is 1. The van der Waals surface area contributed by atoms with E-state index >= 15 is 0 Å². The molecule has 0 spiro atoms. The van der Waals surface area contributed by atoms with Crippen molar-refractivity contribution in [3.8, 4) is 11.8 Å². The molecule has 1 aliphatic carbocycles. The van der Waals surface area contributed by atoms with Gasteiger partial charge in [0.2, 0.25) is 0 Å². The van der Waals surface area contributed by atoms with E-state index < -0.39 is 14.0 Å². The van der Waals surface area contributed by atoms with Gasteiger partial charge in [0, 0.05) is 27.3 Å². The molecule has 3 heterocycles. The maximum atomic E-state index is 11.7. The Labute approximate surface area is 247 Å². The van der Waals surface area contributed by atoms with Gasteiger partial charge in [-0.3, -0.25) is 4.57 Å². The highest BCUT2D eigenvalue weighted by molar-refractivity contribution is 7.16. The van der Waals surface area contributed by atoms with E-state index in [1.165, 1.54) is 0 Å². The highest BCUT2D eigenvalue weighted by atomic mass is 32.1. The monoisotopic (exact) mass is 608 g/mol. The number of carbonyl (C=O) groups is 1. The number of benzene rings is 1. The van der Waals surface area contributed by atoms with E-state index in [4.69, 9.17) is 14.8 Å². The lowest BCUT2D eigenvalue weighted by molar-refractivity contribution is 0.0691. The number of carboxylic acid groups (broad SMARTS) is 1. The van der Waals surface area contributed by atoms with Gasteiger partial charge in [-0.2, -0.15) is 4.99 Å². The van der Waals surface area contributed by atoms with Crippen molar-refractivity contribution in [3.63, 3.8) is 0 Å². The fourth-order valence-electron chi connectivity index (χ4n) is 4.09. The number of anilines is 2. The summed E-state index contributed by atoms with van der Waals surface area (Å²) >= 11 is 2.72. The van der Waals surface area contributed by atoms with Gasteiger partial charge in [-0.15, -0.1) is 10.2 Å². The predicted molar refractivity (Wildman–Crippen MR) is 164 cm³/mol. The maximum Gasteiger partial charge on any atom is 0.356 e. The topological polar surface area (TPSA) is 126 Å². The largest absolute Gasteiger partial charge is 0.476 e. The number of aromatic carboxylic acids is 1. The fourth-order valence-corrected chi connectivity index (χ4v) is 6.77. The summed E-state index contributed by atoms with van der Waals surface area (Å²) in [4.78, 5) is 23.7. The number of rotatable bonds is 10. The molecule has 1 aromatic carbocycles. The summed E-state index contributed by atoms with van der Waals surface area (Å²) in [7, 11) is 0.566. The van der Waals surface area contributed by atoms with Crippen LogP contribution < -0.4 is 9.70 Å². The van der Waals surface area contributed by atoms with Crippen molar-refractivity contribution in [3.05, 3.63) is 51.3 Å². The summed E-state index contributed by atoms with van der Waals surface area (Å²) in [5.74, 6) is 5.45. The van der Waals surface area contributed by atoms with Gasteiger partial charge in [0.15, 0.2) is 27.3 Å². The lowest BCUT2D eigenvalue weighted by atomic mass is 10.2. The van der Waals surface area contributed by atoms with E-state index in [-0.39, 0.29) is 17.2 Å². The molecule has 1 fully saturated rings. The molecule has 1 saturated carbocycles. The predicted octanol–water partition coefficient (Wildman–Crippen LogP) is 5.18. The number of aromatic nitrogens is 4. The lowest BCUT2D eigenvalue weighted by Gasteiger charge is -2.16. The Hall–Kier alpha value is -3.41. The molecule has 2 N–H and O–H groups in total. The number of aliphatic hydroxyl groups excluding tert-OH is 1. The summed E-state index contributed by atoms with van der Waals surface area (Å²) in [6.07, 6.45) is 2.09. The molecule has 0 amide bonds. The molecular weight excluding hydrogens is 577 g/mol. The fraction of sp³-hybridized carbons (Fsp3) is 0.393. The molecule has 214 valence electrons. The van der Waals surface area contributed by atoms with E-state index in [1.54, 1.807) is 23.3 Å². The normalized spacial score (nSPS) is 13.8. The molecule has 0 saturated heterocycles. The Bertz CT molecular complexity index is 1710. The van der Waals surface area contributed by atoms with Crippen molar-refractivity contribution in [2.75, 3.05) is 25.2 Å². The van der Waals surface area contributed by atoms with Crippen molar-refractivity contribution < 1.29 is 19.7 Å². The van der Waals surface area contributed by atoms with Crippen LogP contribution >= 0.6 is 22.7 Å². The van der Waals surface area contributed by atoms with E-state index in [9.17, 15) is 9.90 Å². The van der Waals surface area contributed by atoms with Crippen LogP contribution in [-0.2, 0) is 11.5 Å². The maximum absolute atomic E-state index is 11.7. The average molecular weight is 609 g/mol. The minimum Gasteiger partial charge on any atom is -0.476 e. The number of hydrogen-bond acceptors (Lipinski definition) is 10. The summed E-state index contributed by atoms with van der Waals surface area (Å²) in [6.45, 7) is 7.79. The van der Waals surface area contributed by atoms with Crippen molar-refractivity contribution in [2.45, 2.75) is 51.2 Å². The highest BCUT2D eigenvalue weighted by Gasteiger charge is 2.29. The molecule has 0 unspecified atom stereocenters. The number of ether oxygens (including phenoxy) is 1. The summed E-state index contributed by atoms with van der Waals surface area (Å²) in [5, 5.41) is 28.0. The first kappa shape index (κ1) is 29.1. The zero-order valence-corrected chi connectivity index (χ0v) is 26.1. The summed E-state index contributed by atoms with van der Waals surface area (Å²) in [5.41, 5.74) is 1.92. The van der Waals surface area contributed by atoms with Crippen LogP contribution in [-0.4, -0.2) is 64.3 Å². The van der Waals surface area contributed by atoms with Gasteiger partial charge in [-0.05, 0) is 43.0 Å². The van der Waals surface area contributed by atoms with Crippen molar-refractivity contribution in [1.82, 2.24) is 19.7 Å². The van der Waals surface area contributed by atoms with Crippen LogP contribution in [0.15, 0.2) is 35.3 Å². The van der Waals surface area contributed by atoms with E-state index in [0.29, 0.717) is 36.0 Å². The van der Waals surface area contributed by atoms with Crippen LogP contribution in [0.1, 0.15) is 39.7 Å². The Morgan fingerprint density at radius 3 is 2.73 bits per heavy atom. The third-order valence-corrected chi connectivity index (χ3v) is 10.4. The van der Waals surface area contributed by atoms with E-state index in [1.807, 2.05) is 18.2 Å². The first-order valence-corrected chi connectivity index (χ1v) is 18.6. The SMILES string of the molecule is CN(c1cc(C2CC2)c(/N=c2\sc3ccccc3n2COCC[Si](C)(C)C)nn1)c1nc(C(=O)O)c(C#CCO)s1. The Morgan fingerprint density at radius 2 is 2.02 bits per heavy atom. The van der Waals surface area contributed by atoms with Crippen LogP contribution in [0, 0.1) is 11.8 Å². The second-order valence-corrected chi connectivity index (χ2v) is 18.6. The van der Waals surface area contributed by atoms with Gasteiger partial charge < -0.3 is 19.8 Å². The molecular formula is C28H32N6O4S2Si. The van der Waals surface area contributed by atoms with Crippen LogP contribution in [0.2, 0.25) is 25.7 Å². The third-order valence-electron chi connectivity index (χ3n) is 6.54. The standard InChI is InChI=1S/C28H32N6O4S2Si/c1-33(27-29-24(26(36)37)22(40-27)10-7-13-35)23-16-19(18-11-12-18)25(32-31-23)30-28-34(17-38-14-15-41(2,3)4)20-8-5-6-9-21(20)39-28/h5-6,8-9,16,18,35H,11-15,17H2,1-4H3,(H,36,37)/b30-28-. The Balaban J connectivity index is 1.49. The third kappa shape index (κ3) is 6.91. The molecule has 0 aliphatic heterocycles. The quantitative estimate of drug-likeness (QED) is 0.143. The second kappa shape index (κ2) is 12.2. The molecule has 5 rings (SSSR count). The lowest BCUT2D eigenvalue weighted by Crippen LogP contribution is -2.23. The minimum atomic E-state index is -1.20. The molecule has 0 radical (unpaired) electrons. The first-order chi connectivity index (χ1) is 19.6. The van der Waals surface area contributed by atoms with Crippen LogP contribution in [0.5, 0.6) is 0 Å². The second-order valence-electron chi connectivity index (χ2n) is 11.0.